The molecule has 0 atom stereocenters. The first-order valence-corrected chi connectivity index (χ1v) is 11.3. The summed E-state index contributed by atoms with van der Waals surface area (Å²) in [5, 5.41) is 3.01. The van der Waals surface area contributed by atoms with E-state index in [0.29, 0.717) is 29.6 Å². The summed E-state index contributed by atoms with van der Waals surface area (Å²) in [5.74, 6) is 1.21. The molecule has 0 unspecified atom stereocenters. The van der Waals surface area contributed by atoms with E-state index in [9.17, 15) is 13.2 Å². The molecular formula is C22H28N2O5S. The number of amides is 1. The minimum absolute atomic E-state index is 0.0369. The number of sulfonamides is 1. The Kier molecular flexibility index (Phi) is 6.26. The Morgan fingerprint density at radius 2 is 1.67 bits per heavy atom. The monoisotopic (exact) mass is 432 g/mol. The average Bonchev–Trinajstić information content (AvgIpc) is 3.53. The molecule has 1 amide bonds. The lowest BCUT2D eigenvalue weighted by atomic mass is 9.94. The van der Waals surface area contributed by atoms with E-state index in [1.54, 1.807) is 18.2 Å². The zero-order chi connectivity index (χ0) is 21.9. The van der Waals surface area contributed by atoms with Crippen molar-refractivity contribution in [2.75, 3.05) is 25.5 Å². The Balaban J connectivity index is 1.75. The highest BCUT2D eigenvalue weighted by Gasteiger charge is 2.51. The number of methoxy groups -OCH3 is 2. The minimum Gasteiger partial charge on any atom is -0.493 e. The van der Waals surface area contributed by atoms with Crippen LogP contribution in [0, 0.1) is 5.92 Å². The van der Waals surface area contributed by atoms with Gasteiger partial charge in [0.05, 0.1) is 24.5 Å². The molecule has 2 N–H and O–H groups in total. The van der Waals surface area contributed by atoms with Crippen molar-refractivity contribution in [2.45, 2.75) is 37.0 Å². The lowest BCUT2D eigenvalue weighted by molar-refractivity contribution is -0.123. The van der Waals surface area contributed by atoms with Crippen molar-refractivity contribution in [3.63, 3.8) is 0 Å². The predicted molar refractivity (Wildman–Crippen MR) is 116 cm³/mol. The van der Waals surface area contributed by atoms with Crippen molar-refractivity contribution in [2.24, 2.45) is 5.92 Å². The highest BCUT2D eigenvalue weighted by atomic mass is 32.2. The number of anilines is 1. The van der Waals surface area contributed by atoms with Crippen LogP contribution < -0.4 is 19.5 Å². The molecule has 162 valence electrons. The van der Waals surface area contributed by atoms with E-state index in [0.717, 1.165) is 18.4 Å². The van der Waals surface area contributed by atoms with Crippen molar-refractivity contribution in [3.8, 4) is 11.5 Å². The van der Waals surface area contributed by atoms with Gasteiger partial charge in [0, 0.05) is 18.3 Å². The fourth-order valence-corrected chi connectivity index (χ4v) is 4.37. The lowest BCUT2D eigenvalue weighted by Crippen LogP contribution is -2.36. The maximum atomic E-state index is 12.7. The van der Waals surface area contributed by atoms with E-state index in [2.05, 4.69) is 23.9 Å². The van der Waals surface area contributed by atoms with Crippen LogP contribution in [-0.2, 0) is 20.2 Å². The first-order chi connectivity index (χ1) is 14.2. The molecule has 7 nitrogen and oxygen atoms in total. The molecule has 2 aromatic carbocycles. The van der Waals surface area contributed by atoms with E-state index in [1.807, 2.05) is 12.1 Å². The zero-order valence-corrected chi connectivity index (χ0v) is 18.5. The van der Waals surface area contributed by atoms with Gasteiger partial charge in [-0.1, -0.05) is 26.0 Å². The van der Waals surface area contributed by atoms with Crippen molar-refractivity contribution in [3.05, 3.63) is 48.0 Å². The van der Waals surface area contributed by atoms with Crippen LogP contribution in [0.2, 0.25) is 0 Å². The highest BCUT2D eigenvalue weighted by molar-refractivity contribution is 7.92. The van der Waals surface area contributed by atoms with Gasteiger partial charge in [0.25, 0.3) is 10.0 Å². The van der Waals surface area contributed by atoms with Gasteiger partial charge >= 0.3 is 0 Å². The van der Waals surface area contributed by atoms with Crippen molar-refractivity contribution < 1.29 is 22.7 Å². The van der Waals surface area contributed by atoms with Gasteiger partial charge in [-0.2, -0.15) is 0 Å². The average molecular weight is 433 g/mol. The Labute approximate surface area is 177 Å². The first-order valence-electron chi connectivity index (χ1n) is 9.85. The molecule has 0 heterocycles. The first kappa shape index (κ1) is 22.0. The summed E-state index contributed by atoms with van der Waals surface area (Å²) >= 11 is 0. The van der Waals surface area contributed by atoms with Gasteiger partial charge in [-0.25, -0.2) is 8.42 Å². The third-order valence-electron chi connectivity index (χ3n) is 5.21. The molecule has 30 heavy (non-hydrogen) atoms. The van der Waals surface area contributed by atoms with Crippen molar-refractivity contribution in [1.82, 2.24) is 5.32 Å². The molecule has 0 bridgehead atoms. The third-order valence-corrected chi connectivity index (χ3v) is 6.59. The number of hydrogen-bond donors (Lipinski definition) is 2. The summed E-state index contributed by atoms with van der Waals surface area (Å²) in [7, 11) is -0.865. The molecule has 3 rings (SSSR count). The molecule has 8 heteroatoms. The molecule has 0 aliphatic heterocycles. The normalized spacial score (nSPS) is 14.8. The van der Waals surface area contributed by atoms with Gasteiger partial charge in [-0.15, -0.1) is 0 Å². The van der Waals surface area contributed by atoms with Crippen molar-refractivity contribution >= 4 is 21.6 Å². The van der Waals surface area contributed by atoms with E-state index in [-0.39, 0.29) is 10.8 Å². The summed E-state index contributed by atoms with van der Waals surface area (Å²) in [6.45, 7) is 4.75. The Morgan fingerprint density at radius 3 is 2.20 bits per heavy atom. The number of carbonyl (C=O) groups is 1. The maximum Gasteiger partial charge on any atom is 0.262 e. The molecule has 1 aliphatic carbocycles. The highest BCUT2D eigenvalue weighted by Crippen LogP contribution is 2.48. The van der Waals surface area contributed by atoms with Crippen LogP contribution in [0.15, 0.2) is 47.4 Å². The van der Waals surface area contributed by atoms with Gasteiger partial charge < -0.3 is 14.8 Å². The molecule has 0 radical (unpaired) electrons. The second-order valence-electron chi connectivity index (χ2n) is 7.89. The lowest BCUT2D eigenvalue weighted by Gasteiger charge is -2.17. The molecule has 0 aromatic heterocycles. The van der Waals surface area contributed by atoms with Crippen LogP contribution in [0.4, 0.5) is 5.69 Å². The smallest absolute Gasteiger partial charge is 0.262 e. The predicted octanol–water partition coefficient (Wildman–Crippen LogP) is 3.31. The van der Waals surface area contributed by atoms with Crippen LogP contribution in [0.3, 0.4) is 0 Å². The fourth-order valence-electron chi connectivity index (χ4n) is 3.29. The van der Waals surface area contributed by atoms with Gasteiger partial charge in [0.15, 0.2) is 11.5 Å². The molecular weight excluding hydrogens is 404 g/mol. The summed E-state index contributed by atoms with van der Waals surface area (Å²) in [4.78, 5) is 12.7. The van der Waals surface area contributed by atoms with Crippen LogP contribution in [0.5, 0.6) is 11.5 Å². The van der Waals surface area contributed by atoms with Gasteiger partial charge in [-0.3, -0.25) is 9.52 Å². The molecule has 0 saturated heterocycles. The van der Waals surface area contributed by atoms with Crippen LogP contribution in [0.1, 0.15) is 32.3 Å². The van der Waals surface area contributed by atoms with E-state index in [4.69, 9.17) is 9.47 Å². The summed E-state index contributed by atoms with van der Waals surface area (Å²) in [6, 6.07) is 11.4. The summed E-state index contributed by atoms with van der Waals surface area (Å²) in [5.41, 5.74) is 0.833. The van der Waals surface area contributed by atoms with E-state index >= 15 is 0 Å². The van der Waals surface area contributed by atoms with Gasteiger partial charge in [-0.05, 0) is 48.6 Å². The number of ether oxygens (including phenoxy) is 2. The molecule has 2 aromatic rings. The topological polar surface area (TPSA) is 93.7 Å². The van der Waals surface area contributed by atoms with Gasteiger partial charge in [0.2, 0.25) is 5.91 Å². The quantitative estimate of drug-likeness (QED) is 0.634. The van der Waals surface area contributed by atoms with Crippen LogP contribution in [-0.4, -0.2) is 35.1 Å². The zero-order valence-electron chi connectivity index (χ0n) is 17.7. The number of benzene rings is 2. The van der Waals surface area contributed by atoms with Crippen LogP contribution >= 0.6 is 0 Å². The SMILES string of the molecule is COc1ccc(S(=O)(=O)Nc2ccc(C3(C(=O)NCC(C)C)CC3)cc2)cc1OC. The van der Waals surface area contributed by atoms with Crippen LogP contribution in [0.25, 0.3) is 0 Å². The number of rotatable bonds is 9. The maximum absolute atomic E-state index is 12.7. The van der Waals surface area contributed by atoms with E-state index < -0.39 is 15.4 Å². The third kappa shape index (κ3) is 4.53. The second-order valence-corrected chi connectivity index (χ2v) is 9.57. The summed E-state index contributed by atoms with van der Waals surface area (Å²) < 4.78 is 38.4. The van der Waals surface area contributed by atoms with E-state index in [1.165, 1.54) is 26.4 Å². The fraction of sp³-hybridized carbons (Fsp3) is 0.409. The van der Waals surface area contributed by atoms with Gasteiger partial charge in [0.1, 0.15) is 0 Å². The largest absolute Gasteiger partial charge is 0.493 e. The molecule has 1 saturated carbocycles. The molecule has 1 fully saturated rings. The Hall–Kier alpha value is -2.74. The summed E-state index contributed by atoms with van der Waals surface area (Å²) in [6.07, 6.45) is 1.60. The standard InChI is InChI=1S/C22H28N2O5S/c1-15(2)14-23-21(25)22(11-12-22)16-5-7-17(8-6-16)24-30(26,27)18-9-10-19(28-3)20(13-18)29-4/h5-10,13,15,24H,11-12,14H2,1-4H3,(H,23,25). The molecule has 0 spiro atoms. The second kappa shape index (κ2) is 8.55. The number of nitrogens with one attached hydrogen (secondary N) is 2. The minimum atomic E-state index is -3.80. The Morgan fingerprint density at radius 1 is 1.03 bits per heavy atom. The van der Waals surface area contributed by atoms with Crippen molar-refractivity contribution in [1.29, 1.82) is 0 Å². The number of carbonyl (C=O) groups excluding carboxylic acids is 1. The molecule has 1 aliphatic rings. The number of hydrogen-bond acceptors (Lipinski definition) is 5. The Bertz CT molecular complexity index is 1010.